The number of amides is 1. The van der Waals surface area contributed by atoms with Crippen LogP contribution in [0.25, 0.3) is 11.5 Å². The van der Waals surface area contributed by atoms with Crippen molar-refractivity contribution in [1.29, 1.82) is 0 Å². The van der Waals surface area contributed by atoms with Gasteiger partial charge in [-0.25, -0.2) is 4.79 Å². The third-order valence-corrected chi connectivity index (χ3v) is 2.91. The molecule has 0 aliphatic heterocycles. The quantitative estimate of drug-likeness (QED) is 0.753. The Morgan fingerprint density at radius 2 is 2.24 bits per heavy atom. The van der Waals surface area contributed by atoms with Crippen LogP contribution in [0, 0.1) is 5.92 Å². The lowest BCUT2D eigenvalue weighted by atomic mass is 10.0. The number of carbonyl (C=O) groups is 2. The molecule has 21 heavy (non-hydrogen) atoms. The van der Waals surface area contributed by atoms with Crippen LogP contribution in [-0.2, 0) is 4.79 Å². The molecule has 0 unspecified atom stereocenters. The minimum Gasteiger partial charge on any atom is -0.480 e. The zero-order valence-electron chi connectivity index (χ0n) is 11.8. The molecule has 3 N–H and O–H groups in total. The standard InChI is InChI=1S/C14H17N3O4/c1-8(2)6-11(14(19)20)15-13(18)10-7-9(16-17-10)12-4-3-5-21-12/h3-5,7-8,11H,6H2,1-2H3,(H,15,18)(H,16,17)(H,19,20)/t11-/m1/s1. The van der Waals surface area contributed by atoms with Gasteiger partial charge in [0.25, 0.3) is 5.91 Å². The predicted octanol–water partition coefficient (Wildman–Crippen LogP) is 1.90. The Labute approximate surface area is 121 Å². The third-order valence-electron chi connectivity index (χ3n) is 2.91. The summed E-state index contributed by atoms with van der Waals surface area (Å²) >= 11 is 0. The van der Waals surface area contributed by atoms with Crippen LogP contribution in [-0.4, -0.2) is 33.2 Å². The van der Waals surface area contributed by atoms with Crippen molar-refractivity contribution in [2.45, 2.75) is 26.3 Å². The molecule has 0 spiro atoms. The molecular formula is C14H17N3O4. The Morgan fingerprint density at radius 1 is 1.48 bits per heavy atom. The van der Waals surface area contributed by atoms with Gasteiger partial charge in [0.1, 0.15) is 11.7 Å². The first-order valence-electron chi connectivity index (χ1n) is 6.60. The van der Waals surface area contributed by atoms with Crippen LogP contribution >= 0.6 is 0 Å². The van der Waals surface area contributed by atoms with Crippen molar-refractivity contribution < 1.29 is 19.1 Å². The van der Waals surface area contributed by atoms with Gasteiger partial charge in [-0.05, 0) is 24.5 Å². The third kappa shape index (κ3) is 3.71. The van der Waals surface area contributed by atoms with Gasteiger partial charge in [0.15, 0.2) is 11.5 Å². The topological polar surface area (TPSA) is 108 Å². The average Bonchev–Trinajstić information content (AvgIpc) is 3.08. The van der Waals surface area contributed by atoms with E-state index >= 15 is 0 Å². The van der Waals surface area contributed by atoms with Crippen LogP contribution in [0.2, 0.25) is 0 Å². The minimum atomic E-state index is -1.06. The van der Waals surface area contributed by atoms with Gasteiger partial charge in [-0.15, -0.1) is 0 Å². The van der Waals surface area contributed by atoms with Gasteiger partial charge >= 0.3 is 5.97 Å². The number of aromatic nitrogens is 2. The number of carboxylic acid groups (broad SMARTS) is 1. The molecule has 2 aromatic rings. The summed E-state index contributed by atoms with van der Waals surface area (Å²) in [5.41, 5.74) is 0.678. The first-order valence-corrected chi connectivity index (χ1v) is 6.60. The van der Waals surface area contributed by atoms with E-state index in [1.165, 1.54) is 12.3 Å². The summed E-state index contributed by atoms with van der Waals surface area (Å²) in [6.45, 7) is 3.79. The first kappa shape index (κ1) is 14.8. The fourth-order valence-corrected chi connectivity index (χ4v) is 1.92. The maximum Gasteiger partial charge on any atom is 0.326 e. The molecule has 0 bridgehead atoms. The second-order valence-corrected chi connectivity index (χ2v) is 5.14. The molecule has 2 aromatic heterocycles. The van der Waals surface area contributed by atoms with Crippen molar-refractivity contribution in [3.05, 3.63) is 30.2 Å². The van der Waals surface area contributed by atoms with Crippen LogP contribution in [0.3, 0.4) is 0 Å². The average molecular weight is 291 g/mol. The molecule has 0 radical (unpaired) electrons. The Morgan fingerprint density at radius 3 is 2.81 bits per heavy atom. The van der Waals surface area contributed by atoms with E-state index in [0.717, 1.165) is 0 Å². The number of carboxylic acids is 1. The molecule has 0 saturated heterocycles. The molecule has 0 fully saturated rings. The maximum atomic E-state index is 12.0. The largest absolute Gasteiger partial charge is 0.480 e. The zero-order valence-corrected chi connectivity index (χ0v) is 11.8. The van der Waals surface area contributed by atoms with Crippen molar-refractivity contribution >= 4 is 11.9 Å². The second-order valence-electron chi connectivity index (χ2n) is 5.14. The Hall–Kier alpha value is -2.57. The second kappa shape index (κ2) is 6.25. The number of nitrogens with zero attached hydrogens (tertiary/aromatic N) is 1. The number of nitrogens with one attached hydrogen (secondary N) is 2. The SMILES string of the molecule is CC(C)C[C@@H](NC(=O)c1cc(-c2ccco2)[nH]n1)C(=O)O. The van der Waals surface area contributed by atoms with Gasteiger partial charge in [-0.2, -0.15) is 5.10 Å². The molecule has 7 heteroatoms. The fraction of sp³-hybridized carbons (Fsp3) is 0.357. The van der Waals surface area contributed by atoms with Crippen LogP contribution in [0.5, 0.6) is 0 Å². The summed E-state index contributed by atoms with van der Waals surface area (Å²) in [7, 11) is 0. The Kier molecular flexibility index (Phi) is 4.42. The maximum absolute atomic E-state index is 12.0. The fourth-order valence-electron chi connectivity index (χ4n) is 1.92. The van der Waals surface area contributed by atoms with Crippen molar-refractivity contribution in [2.75, 3.05) is 0 Å². The highest BCUT2D eigenvalue weighted by Gasteiger charge is 2.23. The summed E-state index contributed by atoms with van der Waals surface area (Å²) in [4.78, 5) is 23.2. The number of furan rings is 1. The van der Waals surface area contributed by atoms with E-state index in [2.05, 4.69) is 15.5 Å². The van der Waals surface area contributed by atoms with Crippen molar-refractivity contribution in [2.24, 2.45) is 5.92 Å². The molecule has 0 saturated carbocycles. The van der Waals surface area contributed by atoms with Gasteiger partial charge in [0, 0.05) is 6.07 Å². The number of hydrogen-bond donors (Lipinski definition) is 3. The zero-order chi connectivity index (χ0) is 15.4. The number of aliphatic carboxylic acids is 1. The van der Waals surface area contributed by atoms with Crippen molar-refractivity contribution in [3.63, 3.8) is 0 Å². The number of hydrogen-bond acceptors (Lipinski definition) is 4. The van der Waals surface area contributed by atoms with Gasteiger partial charge < -0.3 is 14.8 Å². The highest BCUT2D eigenvalue weighted by molar-refractivity contribution is 5.95. The Balaban J connectivity index is 2.07. The number of H-pyrrole nitrogens is 1. The summed E-state index contributed by atoms with van der Waals surface area (Å²) in [5, 5.41) is 18.1. The number of aromatic amines is 1. The predicted molar refractivity (Wildman–Crippen MR) is 74.6 cm³/mol. The lowest BCUT2D eigenvalue weighted by Crippen LogP contribution is -2.41. The van der Waals surface area contributed by atoms with E-state index in [1.807, 2.05) is 13.8 Å². The summed E-state index contributed by atoms with van der Waals surface area (Å²) in [6.07, 6.45) is 1.87. The molecule has 7 nitrogen and oxygen atoms in total. The number of rotatable bonds is 6. The normalized spacial score (nSPS) is 12.3. The first-order chi connectivity index (χ1) is 9.97. The van der Waals surface area contributed by atoms with E-state index in [-0.39, 0.29) is 11.6 Å². The van der Waals surface area contributed by atoms with Crippen LogP contribution < -0.4 is 5.32 Å². The number of carbonyl (C=O) groups excluding carboxylic acids is 1. The lowest BCUT2D eigenvalue weighted by molar-refractivity contribution is -0.139. The van der Waals surface area contributed by atoms with E-state index in [4.69, 9.17) is 9.52 Å². The summed E-state index contributed by atoms with van der Waals surface area (Å²) < 4.78 is 5.19. The Bertz CT molecular complexity index is 616. The van der Waals surface area contributed by atoms with E-state index in [1.54, 1.807) is 12.1 Å². The molecule has 2 rings (SSSR count). The smallest absolute Gasteiger partial charge is 0.326 e. The summed E-state index contributed by atoms with van der Waals surface area (Å²) in [6, 6.07) is 4.04. The lowest BCUT2D eigenvalue weighted by Gasteiger charge is -2.15. The van der Waals surface area contributed by atoms with Gasteiger partial charge in [0.2, 0.25) is 0 Å². The molecule has 1 atom stereocenters. The highest BCUT2D eigenvalue weighted by Crippen LogP contribution is 2.17. The summed E-state index contributed by atoms with van der Waals surface area (Å²) in [5.74, 6) is -0.876. The molecule has 1 amide bonds. The molecular weight excluding hydrogens is 274 g/mol. The molecule has 2 heterocycles. The highest BCUT2D eigenvalue weighted by atomic mass is 16.4. The van der Waals surface area contributed by atoms with E-state index in [0.29, 0.717) is 17.9 Å². The molecule has 0 aliphatic carbocycles. The van der Waals surface area contributed by atoms with E-state index in [9.17, 15) is 9.59 Å². The van der Waals surface area contributed by atoms with Crippen LogP contribution in [0.15, 0.2) is 28.9 Å². The molecule has 0 aromatic carbocycles. The molecule has 112 valence electrons. The van der Waals surface area contributed by atoms with E-state index < -0.39 is 17.9 Å². The van der Waals surface area contributed by atoms with Crippen LogP contribution in [0.4, 0.5) is 0 Å². The van der Waals surface area contributed by atoms with Crippen LogP contribution in [0.1, 0.15) is 30.8 Å². The van der Waals surface area contributed by atoms with Crippen molar-refractivity contribution in [3.8, 4) is 11.5 Å². The van der Waals surface area contributed by atoms with Gasteiger partial charge in [0.05, 0.1) is 6.26 Å². The van der Waals surface area contributed by atoms with Crippen molar-refractivity contribution in [1.82, 2.24) is 15.5 Å². The molecule has 0 aliphatic rings. The van der Waals surface area contributed by atoms with Gasteiger partial charge in [-0.3, -0.25) is 9.89 Å². The van der Waals surface area contributed by atoms with Gasteiger partial charge in [-0.1, -0.05) is 13.8 Å². The minimum absolute atomic E-state index is 0.122. The monoisotopic (exact) mass is 291 g/mol.